The molecule has 1 unspecified atom stereocenters. The van der Waals surface area contributed by atoms with Gasteiger partial charge in [-0.3, -0.25) is 9.58 Å². The van der Waals surface area contributed by atoms with Crippen LogP contribution in [-0.4, -0.2) is 38.0 Å². The van der Waals surface area contributed by atoms with Crippen molar-refractivity contribution in [3.63, 3.8) is 0 Å². The van der Waals surface area contributed by atoms with Gasteiger partial charge in [0.05, 0.1) is 17.0 Å². The summed E-state index contributed by atoms with van der Waals surface area (Å²) >= 11 is 1.61. The first-order chi connectivity index (χ1) is 10.3. The molecule has 1 aliphatic heterocycles. The molecule has 0 aliphatic carbocycles. The van der Waals surface area contributed by atoms with Crippen molar-refractivity contribution in [3.05, 3.63) is 41.9 Å². The summed E-state index contributed by atoms with van der Waals surface area (Å²) in [5.74, 6) is 1.29. The second-order valence-electron chi connectivity index (χ2n) is 5.19. The Labute approximate surface area is 126 Å². The van der Waals surface area contributed by atoms with Gasteiger partial charge in [-0.15, -0.1) is 21.5 Å². The van der Waals surface area contributed by atoms with Crippen LogP contribution >= 0.6 is 11.3 Å². The molecule has 0 amide bonds. The van der Waals surface area contributed by atoms with Crippen LogP contribution in [-0.2, 0) is 0 Å². The van der Waals surface area contributed by atoms with Gasteiger partial charge in [-0.05, 0) is 24.4 Å². The molecule has 0 N–H and O–H groups in total. The monoisotopic (exact) mass is 301 g/mol. The van der Waals surface area contributed by atoms with E-state index in [9.17, 15) is 0 Å². The third-order valence-corrected chi connectivity index (χ3v) is 4.73. The number of rotatable bonds is 4. The van der Waals surface area contributed by atoms with E-state index in [0.29, 0.717) is 17.8 Å². The molecule has 21 heavy (non-hydrogen) atoms. The topological polar surface area (TPSA) is 60.0 Å². The van der Waals surface area contributed by atoms with E-state index in [1.54, 1.807) is 11.3 Å². The van der Waals surface area contributed by atoms with Crippen LogP contribution < -0.4 is 0 Å². The highest BCUT2D eigenvalue weighted by molar-refractivity contribution is 7.13. The average Bonchev–Trinajstić information content (AvgIpc) is 3.18. The van der Waals surface area contributed by atoms with Crippen molar-refractivity contribution in [2.75, 3.05) is 13.1 Å². The molecule has 1 fully saturated rings. The molecule has 0 spiro atoms. The summed E-state index contributed by atoms with van der Waals surface area (Å²) in [4.78, 5) is 3.33. The van der Waals surface area contributed by atoms with E-state index in [2.05, 4.69) is 27.1 Å². The molecular weight excluding hydrogens is 286 g/mol. The predicted molar refractivity (Wildman–Crippen MR) is 78.9 cm³/mol. The fourth-order valence-electron chi connectivity index (χ4n) is 2.53. The quantitative estimate of drug-likeness (QED) is 0.741. The number of aromatic nitrogens is 4. The first-order valence-corrected chi connectivity index (χ1v) is 7.79. The summed E-state index contributed by atoms with van der Waals surface area (Å²) in [6.45, 7) is 4.02. The van der Waals surface area contributed by atoms with Crippen LogP contribution in [0.15, 0.2) is 40.4 Å². The Morgan fingerprint density at radius 1 is 1.33 bits per heavy atom. The van der Waals surface area contributed by atoms with E-state index in [0.717, 1.165) is 18.0 Å². The van der Waals surface area contributed by atoms with E-state index >= 15 is 0 Å². The lowest BCUT2D eigenvalue weighted by Crippen LogP contribution is -2.48. The number of nitrogens with zero attached hydrogens (tertiary/aromatic N) is 5. The van der Waals surface area contributed by atoms with Gasteiger partial charge in [-0.2, -0.15) is 5.10 Å². The van der Waals surface area contributed by atoms with Crippen LogP contribution in [0.5, 0.6) is 0 Å². The molecule has 1 aliphatic rings. The Balaban J connectivity index is 1.43. The minimum Gasteiger partial charge on any atom is -0.418 e. The maximum atomic E-state index is 5.80. The zero-order valence-electron chi connectivity index (χ0n) is 11.6. The van der Waals surface area contributed by atoms with Crippen LogP contribution in [0, 0.1) is 0 Å². The van der Waals surface area contributed by atoms with Gasteiger partial charge in [0.1, 0.15) is 0 Å². The van der Waals surface area contributed by atoms with Crippen molar-refractivity contribution in [2.24, 2.45) is 0 Å². The first kappa shape index (κ1) is 12.7. The van der Waals surface area contributed by atoms with Crippen molar-refractivity contribution in [1.82, 2.24) is 24.9 Å². The molecule has 108 valence electrons. The Kier molecular flexibility index (Phi) is 3.08. The van der Waals surface area contributed by atoms with E-state index < -0.39 is 0 Å². The second-order valence-corrected chi connectivity index (χ2v) is 6.14. The minimum absolute atomic E-state index is 0.137. The standard InChI is InChI=1S/C14H15N5OS/c1-10(18-8-11(9-18)19-6-3-5-15-19)13-16-17-14(20-13)12-4-2-7-21-12/h2-7,10-11H,8-9H2,1H3. The molecule has 4 heterocycles. The van der Waals surface area contributed by atoms with Crippen molar-refractivity contribution in [1.29, 1.82) is 0 Å². The predicted octanol–water partition coefficient (Wildman–Crippen LogP) is 2.61. The normalized spacial score (nSPS) is 17.8. The van der Waals surface area contributed by atoms with E-state index in [1.807, 2.05) is 40.7 Å². The molecule has 7 heteroatoms. The van der Waals surface area contributed by atoms with Gasteiger partial charge in [0.2, 0.25) is 5.89 Å². The third kappa shape index (κ3) is 2.28. The molecule has 0 aromatic carbocycles. The summed E-state index contributed by atoms with van der Waals surface area (Å²) in [5, 5.41) is 14.6. The second kappa shape index (κ2) is 5.09. The summed E-state index contributed by atoms with van der Waals surface area (Å²) in [7, 11) is 0. The molecule has 6 nitrogen and oxygen atoms in total. The fourth-order valence-corrected chi connectivity index (χ4v) is 3.17. The average molecular weight is 301 g/mol. The number of likely N-dealkylation sites (tertiary alicyclic amines) is 1. The third-order valence-electron chi connectivity index (χ3n) is 3.87. The van der Waals surface area contributed by atoms with Gasteiger partial charge in [0.25, 0.3) is 5.89 Å². The van der Waals surface area contributed by atoms with Crippen molar-refractivity contribution < 1.29 is 4.42 Å². The van der Waals surface area contributed by atoms with E-state index in [1.165, 1.54) is 0 Å². The first-order valence-electron chi connectivity index (χ1n) is 6.92. The maximum absolute atomic E-state index is 5.80. The lowest BCUT2D eigenvalue weighted by atomic mass is 10.1. The number of hydrogen-bond donors (Lipinski definition) is 0. The zero-order chi connectivity index (χ0) is 14.2. The minimum atomic E-state index is 0.137. The van der Waals surface area contributed by atoms with Crippen molar-refractivity contribution >= 4 is 11.3 Å². The maximum Gasteiger partial charge on any atom is 0.257 e. The highest BCUT2D eigenvalue weighted by Gasteiger charge is 2.34. The molecule has 1 saturated heterocycles. The van der Waals surface area contributed by atoms with Gasteiger partial charge in [-0.1, -0.05) is 6.07 Å². The highest BCUT2D eigenvalue weighted by atomic mass is 32.1. The molecule has 1 atom stereocenters. The van der Waals surface area contributed by atoms with Crippen molar-refractivity contribution in [3.8, 4) is 10.8 Å². The Morgan fingerprint density at radius 3 is 2.95 bits per heavy atom. The van der Waals surface area contributed by atoms with E-state index in [4.69, 9.17) is 4.42 Å². The van der Waals surface area contributed by atoms with Gasteiger partial charge in [-0.25, -0.2) is 0 Å². The summed E-state index contributed by atoms with van der Waals surface area (Å²) < 4.78 is 7.80. The Hall–Kier alpha value is -1.99. The SMILES string of the molecule is CC(c1nnc(-c2cccs2)o1)N1CC(n2cccn2)C1. The van der Waals surface area contributed by atoms with Gasteiger partial charge < -0.3 is 4.42 Å². The summed E-state index contributed by atoms with van der Waals surface area (Å²) in [6, 6.07) is 6.51. The van der Waals surface area contributed by atoms with Gasteiger partial charge in [0, 0.05) is 25.5 Å². The lowest BCUT2D eigenvalue weighted by molar-refractivity contribution is 0.0484. The van der Waals surface area contributed by atoms with Crippen LogP contribution in [0.4, 0.5) is 0 Å². The van der Waals surface area contributed by atoms with Crippen LogP contribution in [0.2, 0.25) is 0 Å². The molecule has 3 aromatic heterocycles. The smallest absolute Gasteiger partial charge is 0.257 e. The lowest BCUT2D eigenvalue weighted by Gasteiger charge is -2.41. The zero-order valence-corrected chi connectivity index (χ0v) is 12.4. The highest BCUT2D eigenvalue weighted by Crippen LogP contribution is 2.31. The summed E-state index contributed by atoms with van der Waals surface area (Å²) in [6.07, 6.45) is 3.83. The van der Waals surface area contributed by atoms with Crippen LogP contribution in [0.25, 0.3) is 10.8 Å². The molecule has 0 radical (unpaired) electrons. The van der Waals surface area contributed by atoms with Gasteiger partial charge in [0.15, 0.2) is 0 Å². The van der Waals surface area contributed by atoms with E-state index in [-0.39, 0.29) is 6.04 Å². The number of thiophene rings is 1. The molecule has 0 bridgehead atoms. The van der Waals surface area contributed by atoms with Crippen molar-refractivity contribution in [2.45, 2.75) is 19.0 Å². The summed E-state index contributed by atoms with van der Waals surface area (Å²) in [5.41, 5.74) is 0. The molecular formula is C14H15N5OS. The number of hydrogen-bond acceptors (Lipinski definition) is 6. The van der Waals surface area contributed by atoms with Crippen LogP contribution in [0.1, 0.15) is 24.9 Å². The van der Waals surface area contributed by atoms with Gasteiger partial charge >= 0.3 is 0 Å². The largest absolute Gasteiger partial charge is 0.418 e. The Bertz CT molecular complexity index is 700. The molecule has 0 saturated carbocycles. The molecule has 4 rings (SSSR count). The fraction of sp³-hybridized carbons (Fsp3) is 0.357. The Morgan fingerprint density at radius 2 is 2.24 bits per heavy atom. The molecule has 3 aromatic rings. The van der Waals surface area contributed by atoms with Crippen LogP contribution in [0.3, 0.4) is 0 Å².